The van der Waals surface area contributed by atoms with E-state index in [1.54, 1.807) is 0 Å². The second-order valence-corrected chi connectivity index (χ2v) is 7.82. The zero-order valence-corrected chi connectivity index (χ0v) is 17.5. The number of hydrogen-bond acceptors (Lipinski definition) is 6. The van der Waals surface area contributed by atoms with Crippen molar-refractivity contribution < 1.29 is 0 Å². The van der Waals surface area contributed by atoms with Gasteiger partial charge in [-0.3, -0.25) is 17.2 Å². The first-order valence-corrected chi connectivity index (χ1v) is 10.3. The fourth-order valence-electron chi connectivity index (χ4n) is 4.25. The fraction of sp³-hybridized carbons (Fsp3) is 0.250. The van der Waals surface area contributed by atoms with Gasteiger partial charge in [-0.15, -0.1) is 0 Å². The molecule has 1 fully saturated rings. The molecule has 30 heavy (non-hydrogen) atoms. The van der Waals surface area contributed by atoms with Crippen molar-refractivity contribution in [3.05, 3.63) is 84.9 Å². The van der Waals surface area contributed by atoms with Gasteiger partial charge in [0.05, 0.1) is 0 Å². The van der Waals surface area contributed by atoms with Gasteiger partial charge in [-0.25, -0.2) is 4.90 Å². The van der Waals surface area contributed by atoms with E-state index in [0.717, 1.165) is 22.5 Å². The van der Waals surface area contributed by atoms with Gasteiger partial charge in [0.25, 0.3) is 0 Å². The summed E-state index contributed by atoms with van der Waals surface area (Å²) in [4.78, 5) is 6.15. The van der Waals surface area contributed by atoms with Crippen LogP contribution in [0.2, 0.25) is 0 Å². The van der Waals surface area contributed by atoms with Crippen LogP contribution in [0.15, 0.2) is 84.9 Å². The number of rotatable bonds is 4. The Labute approximate surface area is 178 Å². The molecule has 6 N–H and O–H groups in total. The molecule has 0 bridgehead atoms. The van der Waals surface area contributed by atoms with Crippen LogP contribution in [0, 0.1) is 0 Å². The summed E-state index contributed by atoms with van der Waals surface area (Å²) in [6, 6.07) is 28.6. The average molecular weight is 403 g/mol. The van der Waals surface area contributed by atoms with E-state index in [2.05, 4.69) is 47.9 Å². The molecule has 6 heteroatoms. The standard InChI is InChI=1S/C24H30N6/c1-17(2)28-22(25)29(19-13-7-4-8-14-19)24(27)30(23(28)26)21-16-10-9-15-20(21)18-11-5-3-6-12-18/h3-17,22-24H,25-27H2,1-2H3. The Morgan fingerprint density at radius 1 is 0.633 bits per heavy atom. The van der Waals surface area contributed by atoms with E-state index in [-0.39, 0.29) is 6.04 Å². The lowest BCUT2D eigenvalue weighted by Gasteiger charge is -2.57. The number of nitrogens with zero attached hydrogens (tertiary/aromatic N) is 3. The maximum Gasteiger partial charge on any atom is 0.159 e. The van der Waals surface area contributed by atoms with Crippen molar-refractivity contribution in [3.8, 4) is 11.1 Å². The third kappa shape index (κ3) is 3.55. The summed E-state index contributed by atoms with van der Waals surface area (Å²) < 4.78 is 0. The van der Waals surface area contributed by atoms with Crippen LogP contribution in [-0.2, 0) is 0 Å². The van der Waals surface area contributed by atoms with Crippen molar-refractivity contribution >= 4 is 11.4 Å². The van der Waals surface area contributed by atoms with Gasteiger partial charge in [-0.2, -0.15) is 0 Å². The van der Waals surface area contributed by atoms with Gasteiger partial charge in [0.1, 0.15) is 12.6 Å². The molecule has 0 aliphatic carbocycles. The van der Waals surface area contributed by atoms with E-state index in [1.165, 1.54) is 0 Å². The lowest BCUT2D eigenvalue weighted by molar-refractivity contribution is 0.0529. The van der Waals surface area contributed by atoms with Gasteiger partial charge >= 0.3 is 0 Å². The molecule has 1 saturated heterocycles. The van der Waals surface area contributed by atoms with Gasteiger partial charge in [-0.1, -0.05) is 66.7 Å². The molecule has 1 aliphatic rings. The number of para-hydroxylation sites is 2. The highest BCUT2D eigenvalue weighted by Crippen LogP contribution is 2.36. The molecule has 3 aromatic carbocycles. The molecule has 0 radical (unpaired) electrons. The van der Waals surface area contributed by atoms with Crippen molar-refractivity contribution in [1.82, 2.24) is 4.90 Å². The molecule has 3 atom stereocenters. The second kappa shape index (κ2) is 8.45. The molecule has 0 saturated carbocycles. The highest BCUT2D eigenvalue weighted by molar-refractivity contribution is 5.79. The Morgan fingerprint density at radius 3 is 1.80 bits per heavy atom. The van der Waals surface area contributed by atoms with E-state index in [9.17, 15) is 0 Å². The Hall–Kier alpha value is -2.90. The van der Waals surface area contributed by atoms with Crippen LogP contribution in [0.5, 0.6) is 0 Å². The monoisotopic (exact) mass is 402 g/mol. The fourth-order valence-corrected chi connectivity index (χ4v) is 4.25. The van der Waals surface area contributed by atoms with Crippen molar-refractivity contribution in [2.24, 2.45) is 17.2 Å². The average Bonchev–Trinajstić information content (AvgIpc) is 2.75. The van der Waals surface area contributed by atoms with E-state index >= 15 is 0 Å². The molecule has 156 valence electrons. The Bertz CT molecular complexity index is 962. The Kier molecular flexibility index (Phi) is 5.74. The Morgan fingerprint density at radius 2 is 1.17 bits per heavy atom. The molecule has 4 rings (SSSR count). The molecule has 6 nitrogen and oxygen atoms in total. The second-order valence-electron chi connectivity index (χ2n) is 7.82. The third-order valence-corrected chi connectivity index (χ3v) is 5.67. The summed E-state index contributed by atoms with van der Waals surface area (Å²) >= 11 is 0. The van der Waals surface area contributed by atoms with Crippen molar-refractivity contribution in [2.45, 2.75) is 38.8 Å². The molecule has 0 amide bonds. The third-order valence-electron chi connectivity index (χ3n) is 5.67. The molecule has 1 heterocycles. The van der Waals surface area contributed by atoms with Crippen LogP contribution >= 0.6 is 0 Å². The van der Waals surface area contributed by atoms with E-state index in [0.29, 0.717) is 0 Å². The summed E-state index contributed by atoms with van der Waals surface area (Å²) in [6.45, 7) is 4.20. The lowest BCUT2D eigenvalue weighted by Crippen LogP contribution is -2.79. The minimum absolute atomic E-state index is 0.125. The number of benzene rings is 3. The van der Waals surface area contributed by atoms with Gasteiger partial charge in [0, 0.05) is 23.0 Å². The van der Waals surface area contributed by atoms with Gasteiger partial charge in [0.15, 0.2) is 6.29 Å². The van der Waals surface area contributed by atoms with Gasteiger partial charge in [0.2, 0.25) is 0 Å². The molecular weight excluding hydrogens is 372 g/mol. The van der Waals surface area contributed by atoms with Crippen molar-refractivity contribution in [3.63, 3.8) is 0 Å². The van der Waals surface area contributed by atoms with Gasteiger partial charge < -0.3 is 9.80 Å². The summed E-state index contributed by atoms with van der Waals surface area (Å²) in [5.41, 5.74) is 24.4. The minimum Gasteiger partial charge on any atom is -0.310 e. The van der Waals surface area contributed by atoms with Gasteiger partial charge in [-0.05, 0) is 37.6 Å². The van der Waals surface area contributed by atoms with E-state index in [1.807, 2.05) is 65.6 Å². The normalized spacial score (nSPS) is 22.5. The molecule has 3 unspecified atom stereocenters. The maximum absolute atomic E-state index is 6.84. The summed E-state index contributed by atoms with van der Waals surface area (Å²) in [5.74, 6) is 0. The maximum atomic E-state index is 6.84. The highest BCUT2D eigenvalue weighted by atomic mass is 15.7. The zero-order valence-electron chi connectivity index (χ0n) is 17.5. The highest BCUT2D eigenvalue weighted by Gasteiger charge is 2.43. The van der Waals surface area contributed by atoms with Crippen LogP contribution in [-0.4, -0.2) is 29.8 Å². The van der Waals surface area contributed by atoms with E-state index < -0.39 is 18.9 Å². The first kappa shape index (κ1) is 20.4. The summed E-state index contributed by atoms with van der Waals surface area (Å²) in [6.07, 6.45) is -1.45. The van der Waals surface area contributed by atoms with Crippen LogP contribution < -0.4 is 27.0 Å². The number of anilines is 2. The van der Waals surface area contributed by atoms with Crippen molar-refractivity contribution in [2.75, 3.05) is 9.80 Å². The molecule has 0 spiro atoms. The van der Waals surface area contributed by atoms with E-state index in [4.69, 9.17) is 17.2 Å². The quantitative estimate of drug-likeness (QED) is 0.621. The first-order chi connectivity index (χ1) is 14.5. The van der Waals surface area contributed by atoms with Crippen LogP contribution in [0.1, 0.15) is 13.8 Å². The first-order valence-electron chi connectivity index (χ1n) is 10.3. The molecule has 0 aromatic heterocycles. The predicted molar refractivity (Wildman–Crippen MR) is 124 cm³/mol. The minimum atomic E-state index is -0.530. The Balaban J connectivity index is 1.85. The predicted octanol–water partition coefficient (Wildman–Crippen LogP) is 3.12. The van der Waals surface area contributed by atoms with Crippen LogP contribution in [0.25, 0.3) is 11.1 Å². The van der Waals surface area contributed by atoms with Crippen LogP contribution in [0.4, 0.5) is 11.4 Å². The van der Waals surface area contributed by atoms with Crippen LogP contribution in [0.3, 0.4) is 0 Å². The number of hydrogen-bond donors (Lipinski definition) is 3. The SMILES string of the molecule is CC(C)N1C(N)N(c2ccccc2)C(N)N(c2ccccc2-c2ccccc2)C1N. The topological polar surface area (TPSA) is 87.8 Å². The smallest absolute Gasteiger partial charge is 0.159 e. The van der Waals surface area contributed by atoms with Crippen molar-refractivity contribution in [1.29, 1.82) is 0 Å². The molecular formula is C24H30N6. The largest absolute Gasteiger partial charge is 0.310 e. The molecule has 1 aliphatic heterocycles. The summed E-state index contributed by atoms with van der Waals surface area (Å²) in [7, 11) is 0. The molecule has 3 aromatic rings. The number of nitrogens with two attached hydrogens (primary N) is 3. The summed E-state index contributed by atoms with van der Waals surface area (Å²) in [5, 5.41) is 0. The lowest BCUT2D eigenvalue weighted by atomic mass is 10.0. The zero-order chi connectivity index (χ0) is 21.3.